The smallest absolute Gasteiger partial charge is 0.301 e. The monoisotopic (exact) mass is 328 g/mol. The molecule has 0 unspecified atom stereocenters. The number of nitrogens with zero attached hydrogens (tertiary/aromatic N) is 2. The van der Waals surface area contributed by atoms with E-state index in [1.54, 1.807) is 6.92 Å². The predicted octanol–water partition coefficient (Wildman–Crippen LogP) is 2.75. The maximum atomic E-state index is 12.6. The van der Waals surface area contributed by atoms with Crippen LogP contribution in [-0.2, 0) is 14.7 Å². The highest BCUT2D eigenvalue weighted by molar-refractivity contribution is 7.93. The van der Waals surface area contributed by atoms with Gasteiger partial charge in [0.1, 0.15) is 7.11 Å². The van der Waals surface area contributed by atoms with Crippen molar-refractivity contribution in [3.8, 4) is 0 Å². The second-order valence-electron chi connectivity index (χ2n) is 3.58. The molecule has 0 amide bonds. The number of hydrogen-bond acceptors (Lipinski definition) is 6. The summed E-state index contributed by atoms with van der Waals surface area (Å²) in [5.74, 6) is -2.51. The number of allylic oxidation sites excluding steroid dienone is 1. The maximum Gasteiger partial charge on any atom is 0.301 e. The molecule has 0 radical (unpaired) electrons. The summed E-state index contributed by atoms with van der Waals surface area (Å²) in [7, 11) is -2.58. The van der Waals surface area contributed by atoms with Gasteiger partial charge in [-0.05, 0) is 6.92 Å². The van der Waals surface area contributed by atoms with Crippen LogP contribution in [0.2, 0.25) is 0 Å². The Morgan fingerprint density at radius 3 is 2.65 bits per heavy atom. The fourth-order valence-electron chi connectivity index (χ4n) is 1.16. The molecule has 0 aliphatic carbocycles. The summed E-state index contributed by atoms with van der Waals surface area (Å²) in [5, 5.41) is 3.61. The van der Waals surface area contributed by atoms with Gasteiger partial charge in [0.15, 0.2) is 5.83 Å². The van der Waals surface area contributed by atoms with Crippen LogP contribution in [0, 0.1) is 0 Å². The lowest BCUT2D eigenvalue weighted by molar-refractivity contribution is 0.213. The molecule has 20 heavy (non-hydrogen) atoms. The predicted molar refractivity (Wildman–Crippen MR) is 68.4 cm³/mol. The molecule has 1 aromatic heterocycles. The van der Waals surface area contributed by atoms with Gasteiger partial charge >= 0.3 is 6.08 Å². The van der Waals surface area contributed by atoms with Gasteiger partial charge < -0.3 is 4.84 Å². The van der Waals surface area contributed by atoms with Gasteiger partial charge in [0.25, 0.3) is 0 Å². The average Bonchev–Trinajstić information content (AvgIpc) is 2.86. The van der Waals surface area contributed by atoms with Gasteiger partial charge in [-0.15, -0.1) is 11.3 Å². The van der Waals surface area contributed by atoms with E-state index in [4.69, 9.17) is 0 Å². The molecule has 1 aromatic rings. The minimum absolute atomic E-state index is 0.273. The highest BCUT2D eigenvalue weighted by atomic mass is 32.2. The zero-order chi connectivity index (χ0) is 15.3. The molecule has 112 valence electrons. The number of sulfone groups is 1. The first-order valence-corrected chi connectivity index (χ1v) is 7.71. The Balaban J connectivity index is 2.89. The van der Waals surface area contributed by atoms with Crippen molar-refractivity contribution in [1.82, 2.24) is 4.98 Å². The zero-order valence-electron chi connectivity index (χ0n) is 10.6. The Hall–Kier alpha value is -1.42. The third-order valence-electron chi connectivity index (χ3n) is 2.13. The summed E-state index contributed by atoms with van der Waals surface area (Å²) in [6.45, 7) is 1.59. The summed E-state index contributed by atoms with van der Waals surface area (Å²) in [6.07, 6.45) is -2.12. The van der Waals surface area contributed by atoms with Crippen molar-refractivity contribution < 1.29 is 26.4 Å². The first kappa shape index (κ1) is 16.6. The van der Waals surface area contributed by atoms with E-state index in [-0.39, 0.29) is 4.34 Å². The highest BCUT2D eigenvalue weighted by Crippen LogP contribution is 2.22. The van der Waals surface area contributed by atoms with E-state index in [1.807, 2.05) is 0 Å². The van der Waals surface area contributed by atoms with Gasteiger partial charge in [-0.2, -0.15) is 8.78 Å². The third-order valence-corrected chi connectivity index (χ3v) is 5.42. The normalized spacial score (nSPS) is 12.3. The molecule has 0 atom stereocenters. The second-order valence-corrected chi connectivity index (χ2v) is 6.90. The van der Waals surface area contributed by atoms with Crippen LogP contribution in [0.25, 0.3) is 0 Å². The van der Waals surface area contributed by atoms with Crippen molar-refractivity contribution >= 4 is 26.9 Å². The van der Waals surface area contributed by atoms with E-state index in [9.17, 15) is 21.6 Å². The minimum Gasteiger partial charge on any atom is -0.399 e. The summed E-state index contributed by atoms with van der Waals surface area (Å²) < 4.78 is 59.7. The highest BCUT2D eigenvalue weighted by Gasteiger charge is 2.21. The Morgan fingerprint density at radius 2 is 2.10 bits per heavy atom. The molecule has 0 fully saturated rings. The Morgan fingerprint density at radius 1 is 1.45 bits per heavy atom. The summed E-state index contributed by atoms with van der Waals surface area (Å²) in [5.41, 5.74) is 0.423. The number of halogens is 3. The first-order chi connectivity index (χ1) is 9.27. The van der Waals surface area contributed by atoms with E-state index in [2.05, 4.69) is 15.0 Å². The van der Waals surface area contributed by atoms with E-state index in [0.29, 0.717) is 10.6 Å². The van der Waals surface area contributed by atoms with Gasteiger partial charge in [-0.25, -0.2) is 17.8 Å². The van der Waals surface area contributed by atoms with Gasteiger partial charge in [-0.1, -0.05) is 5.16 Å². The Bertz CT molecular complexity index is 634. The van der Waals surface area contributed by atoms with Gasteiger partial charge in [0, 0.05) is 12.6 Å². The molecular formula is C10H11F3N2O3S2. The number of aromatic nitrogens is 1. The SMILES string of the molecule is CO/N=C(/C)c1cnc(S(=O)(=O)CCC(F)=C(F)F)s1. The maximum absolute atomic E-state index is 12.6. The van der Waals surface area contributed by atoms with E-state index in [1.165, 1.54) is 13.3 Å². The molecule has 5 nitrogen and oxygen atoms in total. The number of thiazole rings is 1. The van der Waals surface area contributed by atoms with Crippen molar-refractivity contribution in [2.45, 2.75) is 17.7 Å². The van der Waals surface area contributed by atoms with Crippen LogP contribution in [0.3, 0.4) is 0 Å². The lowest BCUT2D eigenvalue weighted by Gasteiger charge is -1.98. The van der Waals surface area contributed by atoms with Crippen molar-refractivity contribution in [3.63, 3.8) is 0 Å². The molecule has 10 heteroatoms. The molecule has 0 spiro atoms. The van der Waals surface area contributed by atoms with Crippen LogP contribution in [0.15, 0.2) is 27.6 Å². The fourth-order valence-corrected chi connectivity index (χ4v) is 3.60. The van der Waals surface area contributed by atoms with E-state index >= 15 is 0 Å². The van der Waals surface area contributed by atoms with Crippen LogP contribution in [0.5, 0.6) is 0 Å². The standard InChI is InChI=1S/C10H11F3N2O3S2/c1-6(15-18-2)8-5-14-10(19-8)20(16,17)4-3-7(11)9(12)13/h5H,3-4H2,1-2H3/b15-6-. The summed E-state index contributed by atoms with van der Waals surface area (Å²) in [6, 6.07) is 0. The third kappa shape index (κ3) is 4.30. The van der Waals surface area contributed by atoms with Crippen LogP contribution >= 0.6 is 11.3 Å². The molecule has 1 rings (SSSR count). The van der Waals surface area contributed by atoms with E-state index < -0.39 is 33.9 Å². The molecule has 0 N–H and O–H groups in total. The van der Waals surface area contributed by atoms with E-state index in [0.717, 1.165) is 11.3 Å². The topological polar surface area (TPSA) is 68.6 Å². The van der Waals surface area contributed by atoms with Crippen molar-refractivity contribution in [3.05, 3.63) is 23.0 Å². The lowest BCUT2D eigenvalue weighted by Crippen LogP contribution is -2.06. The van der Waals surface area contributed by atoms with Crippen LogP contribution in [-0.4, -0.2) is 32.0 Å². The molecule has 0 aromatic carbocycles. The quantitative estimate of drug-likeness (QED) is 0.595. The molecule has 0 aliphatic heterocycles. The summed E-state index contributed by atoms with van der Waals surface area (Å²) in [4.78, 5) is 8.68. The van der Waals surface area contributed by atoms with Crippen LogP contribution < -0.4 is 0 Å². The fraction of sp³-hybridized carbons (Fsp3) is 0.400. The van der Waals surface area contributed by atoms with Crippen molar-refractivity contribution in [2.75, 3.05) is 12.9 Å². The average molecular weight is 328 g/mol. The van der Waals surface area contributed by atoms with Gasteiger partial charge in [-0.3, -0.25) is 0 Å². The number of oxime groups is 1. The molecular weight excluding hydrogens is 317 g/mol. The molecule has 0 bridgehead atoms. The minimum atomic E-state index is -3.91. The molecule has 0 saturated heterocycles. The number of hydrogen-bond donors (Lipinski definition) is 0. The first-order valence-electron chi connectivity index (χ1n) is 5.24. The van der Waals surface area contributed by atoms with Crippen LogP contribution in [0.4, 0.5) is 13.2 Å². The van der Waals surface area contributed by atoms with Gasteiger partial charge in [0.2, 0.25) is 14.2 Å². The summed E-state index contributed by atoms with van der Waals surface area (Å²) >= 11 is 0.812. The van der Waals surface area contributed by atoms with Gasteiger partial charge in [0.05, 0.1) is 16.3 Å². The molecule has 1 heterocycles. The largest absolute Gasteiger partial charge is 0.399 e. The molecule has 0 saturated carbocycles. The second kappa shape index (κ2) is 6.84. The van der Waals surface area contributed by atoms with Crippen molar-refractivity contribution in [2.24, 2.45) is 5.16 Å². The number of rotatable bonds is 6. The molecule has 0 aliphatic rings. The Kier molecular flexibility index (Phi) is 5.69. The van der Waals surface area contributed by atoms with Crippen molar-refractivity contribution in [1.29, 1.82) is 0 Å². The Labute approximate surface area is 117 Å². The lowest BCUT2D eigenvalue weighted by atomic mass is 10.4. The van der Waals surface area contributed by atoms with Crippen LogP contribution in [0.1, 0.15) is 18.2 Å². The zero-order valence-corrected chi connectivity index (χ0v) is 12.2.